The molecule has 1 aromatic rings. The number of carbonyl (C=O) groups excluding carboxylic acids is 1. The molecular weight excluding hydrogens is 362 g/mol. The van der Waals surface area contributed by atoms with Crippen molar-refractivity contribution in [2.24, 2.45) is 5.92 Å². The summed E-state index contributed by atoms with van der Waals surface area (Å²) in [5, 5.41) is 13.2. The highest BCUT2D eigenvalue weighted by Gasteiger charge is 2.21. The van der Waals surface area contributed by atoms with Crippen molar-refractivity contribution in [2.75, 3.05) is 6.61 Å². The number of rotatable bonds is 17. The van der Waals surface area contributed by atoms with Crippen LogP contribution in [0.1, 0.15) is 97.0 Å². The lowest BCUT2D eigenvalue weighted by Gasteiger charge is -2.20. The predicted molar refractivity (Wildman–Crippen MR) is 121 cm³/mol. The van der Waals surface area contributed by atoms with Crippen LogP contribution in [0.25, 0.3) is 0 Å². The molecule has 0 heterocycles. The number of para-hydroxylation sites is 1. The fraction of sp³-hybridized carbons (Fsp3) is 0.720. The van der Waals surface area contributed by atoms with Gasteiger partial charge < -0.3 is 15.2 Å². The Labute approximate surface area is 178 Å². The summed E-state index contributed by atoms with van der Waals surface area (Å²) in [6.45, 7) is 7.41. The number of aromatic hydroxyl groups is 1. The van der Waals surface area contributed by atoms with Gasteiger partial charge in [0.1, 0.15) is 11.8 Å². The standard InChI is InChI=1S/C25H43NO3/c1-4-5-6-7-8-9-10-11-12-15-18-29-25(28)23(19-21(2)3)26-20-22-16-13-14-17-24(22)27/h13-14,16-17,21,23,26-27H,4-12,15,18-20H2,1-3H3/t23-/m0/s1. The summed E-state index contributed by atoms with van der Waals surface area (Å²) in [7, 11) is 0. The molecule has 4 nitrogen and oxygen atoms in total. The first-order valence-corrected chi connectivity index (χ1v) is 11.7. The summed E-state index contributed by atoms with van der Waals surface area (Å²) in [5.41, 5.74) is 0.795. The molecule has 0 spiro atoms. The second-order valence-electron chi connectivity index (χ2n) is 8.54. The molecule has 0 fully saturated rings. The number of phenols is 1. The molecule has 0 aromatic heterocycles. The van der Waals surface area contributed by atoms with Crippen molar-refractivity contribution in [1.29, 1.82) is 0 Å². The molecule has 1 rings (SSSR count). The second kappa shape index (κ2) is 16.3. The van der Waals surface area contributed by atoms with Gasteiger partial charge in [-0.2, -0.15) is 0 Å². The second-order valence-corrected chi connectivity index (χ2v) is 8.54. The fourth-order valence-electron chi connectivity index (χ4n) is 3.49. The maximum absolute atomic E-state index is 12.5. The van der Waals surface area contributed by atoms with Crippen LogP contribution in [0.4, 0.5) is 0 Å². The molecule has 166 valence electrons. The van der Waals surface area contributed by atoms with Crippen LogP contribution in [0.15, 0.2) is 24.3 Å². The fourth-order valence-corrected chi connectivity index (χ4v) is 3.49. The van der Waals surface area contributed by atoms with Gasteiger partial charge in [0.2, 0.25) is 0 Å². The van der Waals surface area contributed by atoms with Gasteiger partial charge in [-0.15, -0.1) is 0 Å². The lowest BCUT2D eigenvalue weighted by Crippen LogP contribution is -2.39. The molecule has 1 aromatic carbocycles. The van der Waals surface area contributed by atoms with Crippen LogP contribution >= 0.6 is 0 Å². The third-order valence-electron chi connectivity index (χ3n) is 5.26. The van der Waals surface area contributed by atoms with E-state index in [1.54, 1.807) is 12.1 Å². The number of unbranched alkanes of at least 4 members (excludes halogenated alkanes) is 9. The van der Waals surface area contributed by atoms with Crippen LogP contribution in [-0.2, 0) is 16.1 Å². The number of hydrogen-bond acceptors (Lipinski definition) is 4. The largest absolute Gasteiger partial charge is 0.508 e. The van der Waals surface area contributed by atoms with Crippen LogP contribution in [0.3, 0.4) is 0 Å². The van der Waals surface area contributed by atoms with Gasteiger partial charge in [0.25, 0.3) is 0 Å². The van der Waals surface area contributed by atoms with Crippen LogP contribution in [-0.4, -0.2) is 23.7 Å². The van der Waals surface area contributed by atoms with Crippen molar-refractivity contribution in [3.8, 4) is 5.75 Å². The van der Waals surface area contributed by atoms with Gasteiger partial charge in [0.05, 0.1) is 6.61 Å². The number of carbonyl (C=O) groups is 1. The van der Waals surface area contributed by atoms with Crippen LogP contribution < -0.4 is 5.32 Å². The monoisotopic (exact) mass is 405 g/mol. The van der Waals surface area contributed by atoms with E-state index >= 15 is 0 Å². The lowest BCUT2D eigenvalue weighted by molar-refractivity contribution is -0.146. The van der Waals surface area contributed by atoms with Gasteiger partial charge in [-0.25, -0.2) is 0 Å². The normalized spacial score (nSPS) is 12.3. The highest BCUT2D eigenvalue weighted by Crippen LogP contribution is 2.16. The lowest BCUT2D eigenvalue weighted by atomic mass is 10.0. The van der Waals surface area contributed by atoms with E-state index in [0.29, 0.717) is 19.1 Å². The molecule has 4 heteroatoms. The first kappa shape index (κ1) is 25.5. The van der Waals surface area contributed by atoms with E-state index in [0.717, 1.165) is 24.8 Å². The number of ether oxygens (including phenoxy) is 1. The zero-order chi connectivity index (χ0) is 21.3. The maximum atomic E-state index is 12.5. The van der Waals surface area contributed by atoms with E-state index in [1.165, 1.54) is 51.4 Å². The number of esters is 1. The Morgan fingerprint density at radius 2 is 1.55 bits per heavy atom. The van der Waals surface area contributed by atoms with Crippen molar-refractivity contribution in [1.82, 2.24) is 5.32 Å². The Morgan fingerprint density at radius 3 is 2.14 bits per heavy atom. The van der Waals surface area contributed by atoms with E-state index in [1.807, 2.05) is 12.1 Å². The highest BCUT2D eigenvalue weighted by molar-refractivity contribution is 5.75. The summed E-state index contributed by atoms with van der Waals surface area (Å²) in [6.07, 6.45) is 13.4. The Balaban J connectivity index is 2.20. The topological polar surface area (TPSA) is 58.6 Å². The Kier molecular flexibility index (Phi) is 14.3. The Hall–Kier alpha value is -1.55. The van der Waals surface area contributed by atoms with E-state index in [4.69, 9.17) is 4.74 Å². The van der Waals surface area contributed by atoms with Crippen molar-refractivity contribution < 1.29 is 14.6 Å². The SMILES string of the molecule is CCCCCCCCCCCCOC(=O)[C@H](CC(C)C)NCc1ccccc1O. The van der Waals surface area contributed by atoms with E-state index in [-0.39, 0.29) is 17.8 Å². The first-order chi connectivity index (χ1) is 14.0. The summed E-state index contributed by atoms with van der Waals surface area (Å²) in [6, 6.07) is 6.88. The minimum atomic E-state index is -0.335. The van der Waals surface area contributed by atoms with Gasteiger partial charge in [-0.05, 0) is 24.8 Å². The maximum Gasteiger partial charge on any atom is 0.323 e. The molecule has 1 atom stereocenters. The van der Waals surface area contributed by atoms with Crippen molar-refractivity contribution in [2.45, 2.75) is 104 Å². The summed E-state index contributed by atoms with van der Waals surface area (Å²) in [5.74, 6) is 0.466. The molecule has 0 saturated heterocycles. The highest BCUT2D eigenvalue weighted by atomic mass is 16.5. The summed E-state index contributed by atoms with van der Waals surface area (Å²) >= 11 is 0. The molecule has 2 N–H and O–H groups in total. The molecular formula is C25H43NO3. The van der Waals surface area contributed by atoms with Gasteiger partial charge in [-0.3, -0.25) is 4.79 Å². The zero-order valence-electron chi connectivity index (χ0n) is 18.9. The van der Waals surface area contributed by atoms with Crippen molar-refractivity contribution >= 4 is 5.97 Å². The van der Waals surface area contributed by atoms with Crippen molar-refractivity contribution in [3.63, 3.8) is 0 Å². The molecule has 0 saturated carbocycles. The molecule has 0 aliphatic heterocycles. The molecule has 29 heavy (non-hydrogen) atoms. The average Bonchev–Trinajstić information content (AvgIpc) is 2.70. The quantitative estimate of drug-likeness (QED) is 0.234. The molecule has 0 aliphatic rings. The van der Waals surface area contributed by atoms with E-state index in [9.17, 15) is 9.90 Å². The molecule has 0 unspecified atom stereocenters. The summed E-state index contributed by atoms with van der Waals surface area (Å²) in [4.78, 5) is 12.5. The van der Waals surface area contributed by atoms with E-state index < -0.39 is 0 Å². The van der Waals surface area contributed by atoms with E-state index in [2.05, 4.69) is 26.1 Å². The first-order valence-electron chi connectivity index (χ1n) is 11.7. The third-order valence-corrected chi connectivity index (χ3v) is 5.26. The molecule has 0 radical (unpaired) electrons. The number of phenolic OH excluding ortho intramolecular Hbond substituents is 1. The smallest absolute Gasteiger partial charge is 0.323 e. The minimum absolute atomic E-state index is 0.176. The third kappa shape index (κ3) is 12.6. The Morgan fingerprint density at radius 1 is 0.966 bits per heavy atom. The molecule has 0 amide bonds. The minimum Gasteiger partial charge on any atom is -0.508 e. The number of hydrogen-bond donors (Lipinski definition) is 2. The molecule has 0 bridgehead atoms. The van der Waals surface area contributed by atoms with Gasteiger partial charge in [0, 0.05) is 12.1 Å². The Bertz CT molecular complexity index is 545. The zero-order valence-corrected chi connectivity index (χ0v) is 18.9. The van der Waals surface area contributed by atoms with Crippen LogP contribution in [0.5, 0.6) is 5.75 Å². The number of nitrogens with one attached hydrogen (secondary N) is 1. The summed E-state index contributed by atoms with van der Waals surface area (Å²) < 4.78 is 5.53. The average molecular weight is 406 g/mol. The van der Waals surface area contributed by atoms with Gasteiger partial charge in [0.15, 0.2) is 0 Å². The van der Waals surface area contributed by atoms with Crippen molar-refractivity contribution in [3.05, 3.63) is 29.8 Å². The van der Waals surface area contributed by atoms with Gasteiger partial charge >= 0.3 is 5.97 Å². The number of benzene rings is 1. The predicted octanol–water partition coefficient (Wildman–Crippen LogP) is 6.36. The molecule has 0 aliphatic carbocycles. The van der Waals surface area contributed by atoms with Crippen LogP contribution in [0, 0.1) is 5.92 Å². The van der Waals surface area contributed by atoms with Crippen LogP contribution in [0.2, 0.25) is 0 Å². The van der Waals surface area contributed by atoms with Gasteiger partial charge in [-0.1, -0.05) is 96.8 Å².